The Morgan fingerprint density at radius 1 is 0.397 bits per heavy atom. The second kappa shape index (κ2) is 16.7. The van der Waals surface area contributed by atoms with E-state index in [9.17, 15) is 0 Å². The molecule has 10 aromatic rings. The molecule has 0 saturated heterocycles. The van der Waals surface area contributed by atoms with Crippen molar-refractivity contribution in [2.45, 2.75) is 23.7 Å². The van der Waals surface area contributed by atoms with E-state index < -0.39 is 0 Å². The van der Waals surface area contributed by atoms with E-state index in [4.69, 9.17) is 34.8 Å². The van der Waals surface area contributed by atoms with Gasteiger partial charge in [0, 0.05) is 49.5 Å². The fourth-order valence-corrected chi connectivity index (χ4v) is 13.3. The molecule has 0 fully saturated rings. The minimum absolute atomic E-state index is 0.102. The number of benzene rings is 9. The van der Waals surface area contributed by atoms with Crippen LogP contribution in [0.25, 0.3) is 38.6 Å². The Balaban J connectivity index is 1.09. The van der Waals surface area contributed by atoms with Crippen molar-refractivity contribution in [1.82, 2.24) is 4.57 Å². The lowest BCUT2D eigenvalue weighted by molar-refractivity contribution is 0.331. The van der Waals surface area contributed by atoms with E-state index in [1.54, 1.807) is 0 Å². The van der Waals surface area contributed by atoms with Gasteiger partial charge in [0.05, 0.1) is 16.7 Å². The van der Waals surface area contributed by atoms with E-state index in [0.717, 1.165) is 38.9 Å². The van der Waals surface area contributed by atoms with E-state index >= 15 is 0 Å². The molecule has 1 heterocycles. The SMILES string of the molecule is Clc1ccccc1C(c1ccccc1)c1cc(-c2cccc3c2C2c4cccc(-n5c6ccccc6c6ccccc65)c4C3C3C=CC=CC23)cc(C(c2ccccc2)c2ccccc2Cl)c1Cl. The molecule has 4 aliphatic carbocycles. The maximum atomic E-state index is 8.07. The van der Waals surface area contributed by atoms with Crippen LogP contribution in [0, 0.1) is 11.8 Å². The molecule has 0 aliphatic heterocycles. The van der Waals surface area contributed by atoms with E-state index in [0.29, 0.717) is 21.0 Å². The third kappa shape index (κ3) is 6.44. The van der Waals surface area contributed by atoms with Crippen molar-refractivity contribution in [2.75, 3.05) is 0 Å². The maximum absolute atomic E-state index is 8.07. The third-order valence-electron chi connectivity index (χ3n) is 15.1. The highest BCUT2D eigenvalue weighted by molar-refractivity contribution is 6.33. The summed E-state index contributed by atoms with van der Waals surface area (Å²) >= 11 is 22.5. The Hall–Kier alpha value is -6.87. The molecule has 0 N–H and O–H groups in total. The molecule has 1 nitrogen and oxygen atoms in total. The molecule has 1 aromatic heterocycles. The molecule has 2 bridgehead atoms. The zero-order chi connectivity index (χ0) is 45.5. The van der Waals surface area contributed by atoms with Crippen LogP contribution < -0.4 is 0 Å². The lowest BCUT2D eigenvalue weighted by atomic mass is 9.52. The van der Waals surface area contributed by atoms with E-state index in [1.807, 2.05) is 24.3 Å². The van der Waals surface area contributed by atoms with E-state index in [1.165, 1.54) is 55.3 Å². The average Bonchev–Trinajstić information content (AvgIpc) is 3.73. The van der Waals surface area contributed by atoms with Crippen molar-refractivity contribution in [3.63, 3.8) is 0 Å². The molecule has 6 atom stereocenters. The lowest BCUT2D eigenvalue weighted by Crippen LogP contribution is -2.40. The smallest absolute Gasteiger partial charge is 0.0541 e. The van der Waals surface area contributed by atoms with Crippen LogP contribution in [-0.4, -0.2) is 4.57 Å². The molecule has 0 spiro atoms. The Bertz CT molecular complexity index is 3490. The number of nitrogens with zero attached hydrogens (tertiary/aromatic N) is 1. The highest BCUT2D eigenvalue weighted by atomic mass is 35.5. The van der Waals surface area contributed by atoms with Gasteiger partial charge >= 0.3 is 0 Å². The summed E-state index contributed by atoms with van der Waals surface area (Å²) in [5.41, 5.74) is 17.9. The first-order valence-corrected chi connectivity index (χ1v) is 24.7. The van der Waals surface area contributed by atoms with Crippen LogP contribution in [0.1, 0.15) is 79.3 Å². The monoisotopic (exact) mass is 931 g/mol. The Morgan fingerprint density at radius 2 is 0.853 bits per heavy atom. The number of allylic oxidation sites excluding steroid dienone is 4. The molecule has 326 valence electrons. The Labute approximate surface area is 412 Å². The van der Waals surface area contributed by atoms with Gasteiger partial charge in [-0.05, 0) is 121 Å². The first kappa shape index (κ1) is 41.3. The number of halogens is 3. The van der Waals surface area contributed by atoms with Crippen LogP contribution in [0.2, 0.25) is 15.1 Å². The summed E-state index contributed by atoms with van der Waals surface area (Å²) in [7, 11) is 0. The summed E-state index contributed by atoms with van der Waals surface area (Å²) in [6.07, 6.45) is 9.48. The molecular weight excluding hydrogens is 889 g/mol. The molecule has 14 rings (SSSR count). The van der Waals surface area contributed by atoms with Gasteiger partial charge in [-0.1, -0.05) is 223 Å². The standard InChI is InChI=1S/C64H44Cl3N/c65-53-32-13-9-27-47(53)58(39-19-3-1-4-20-39)51-37-41(38-52(64(51)67)59(40-21-5-2-6-22-40)48-28-10-14-33-54(48)66)42-29-17-30-49-60(42)61-45-25-7-8-26-46(45)62(49)63-50(61)31-18-36-57(63)68-55-34-15-11-23-43(55)44-24-12-16-35-56(44)68/h1-38,45-46,58-59,61-62H. The van der Waals surface area contributed by atoms with Gasteiger partial charge in [0.2, 0.25) is 0 Å². The van der Waals surface area contributed by atoms with Crippen molar-refractivity contribution < 1.29 is 0 Å². The second-order valence-corrected chi connectivity index (χ2v) is 19.7. The summed E-state index contributed by atoms with van der Waals surface area (Å²) in [5.74, 6) is 0.284. The van der Waals surface area contributed by atoms with E-state index in [2.05, 4.69) is 211 Å². The van der Waals surface area contributed by atoms with Gasteiger partial charge in [-0.25, -0.2) is 0 Å². The van der Waals surface area contributed by atoms with Gasteiger partial charge in [-0.15, -0.1) is 0 Å². The van der Waals surface area contributed by atoms with Gasteiger partial charge in [0.15, 0.2) is 0 Å². The van der Waals surface area contributed by atoms with Crippen molar-refractivity contribution in [2.24, 2.45) is 11.8 Å². The number of hydrogen-bond acceptors (Lipinski definition) is 0. The van der Waals surface area contributed by atoms with Crippen molar-refractivity contribution >= 4 is 56.6 Å². The Kier molecular flexibility index (Phi) is 10.2. The average molecular weight is 933 g/mol. The number of aromatic nitrogens is 1. The summed E-state index contributed by atoms with van der Waals surface area (Å²) in [6.45, 7) is 0. The van der Waals surface area contributed by atoms with Crippen molar-refractivity contribution in [1.29, 1.82) is 0 Å². The lowest BCUT2D eigenvalue weighted by Gasteiger charge is -2.51. The molecule has 0 radical (unpaired) electrons. The first-order chi connectivity index (χ1) is 33.5. The second-order valence-electron chi connectivity index (χ2n) is 18.5. The first-order valence-electron chi connectivity index (χ1n) is 23.6. The van der Waals surface area contributed by atoms with Crippen molar-refractivity contribution in [3.05, 3.63) is 301 Å². The van der Waals surface area contributed by atoms with Crippen LogP contribution in [0.5, 0.6) is 0 Å². The predicted octanol–water partition coefficient (Wildman–Crippen LogP) is 17.7. The van der Waals surface area contributed by atoms with E-state index in [-0.39, 0.29) is 29.6 Å². The largest absolute Gasteiger partial charge is 0.309 e. The Morgan fingerprint density at radius 3 is 1.40 bits per heavy atom. The van der Waals surface area contributed by atoms with Gasteiger partial charge in [-0.2, -0.15) is 0 Å². The molecule has 4 aliphatic rings. The normalized spacial score (nSPS) is 18.6. The number of para-hydroxylation sites is 2. The van der Waals surface area contributed by atoms with Crippen LogP contribution in [-0.2, 0) is 0 Å². The fourth-order valence-electron chi connectivity index (χ4n) is 12.4. The van der Waals surface area contributed by atoms with Gasteiger partial charge in [0.25, 0.3) is 0 Å². The topological polar surface area (TPSA) is 4.93 Å². The van der Waals surface area contributed by atoms with Gasteiger partial charge in [-0.3, -0.25) is 0 Å². The van der Waals surface area contributed by atoms with Gasteiger partial charge < -0.3 is 4.57 Å². The third-order valence-corrected chi connectivity index (χ3v) is 16.2. The van der Waals surface area contributed by atoms with Crippen LogP contribution in [0.4, 0.5) is 0 Å². The number of fused-ring (bicyclic) bond motifs is 3. The molecular formula is C64H44Cl3N. The zero-order valence-corrected chi connectivity index (χ0v) is 39.3. The zero-order valence-electron chi connectivity index (χ0n) is 37.0. The van der Waals surface area contributed by atoms with Crippen LogP contribution in [0.3, 0.4) is 0 Å². The minimum Gasteiger partial charge on any atom is -0.309 e. The molecule has 6 unspecified atom stereocenters. The quantitative estimate of drug-likeness (QED) is 0.134. The van der Waals surface area contributed by atoms with Crippen molar-refractivity contribution in [3.8, 4) is 16.8 Å². The predicted molar refractivity (Wildman–Crippen MR) is 284 cm³/mol. The summed E-state index contributed by atoms with van der Waals surface area (Å²) in [6, 6.07) is 74.3. The highest BCUT2D eigenvalue weighted by Crippen LogP contribution is 2.63. The number of rotatable bonds is 8. The summed E-state index contributed by atoms with van der Waals surface area (Å²) in [5, 5.41) is 4.64. The number of hydrogen-bond donors (Lipinski definition) is 0. The minimum atomic E-state index is -0.264. The molecule has 0 saturated carbocycles. The summed E-state index contributed by atoms with van der Waals surface area (Å²) in [4.78, 5) is 0. The fraction of sp³-hybridized carbons (Fsp3) is 0.0938. The molecule has 68 heavy (non-hydrogen) atoms. The van der Waals surface area contributed by atoms with Crippen LogP contribution >= 0.6 is 34.8 Å². The molecule has 4 heteroatoms. The molecule has 9 aromatic carbocycles. The van der Waals surface area contributed by atoms with Crippen LogP contribution in [0.15, 0.2) is 231 Å². The van der Waals surface area contributed by atoms with Gasteiger partial charge in [0.1, 0.15) is 0 Å². The maximum Gasteiger partial charge on any atom is 0.0541 e. The summed E-state index contributed by atoms with van der Waals surface area (Å²) < 4.78 is 2.53. The molecule has 0 amide bonds. The highest BCUT2D eigenvalue weighted by Gasteiger charge is 2.50.